The minimum atomic E-state index is -0.0574. The molecule has 4 rings (SSSR count). The average molecular weight is 338 g/mol. The number of hydrogen-bond donors (Lipinski definition) is 0. The van der Waals surface area contributed by atoms with Gasteiger partial charge in [-0.2, -0.15) is 5.10 Å². The molecule has 1 fully saturated rings. The number of amides is 1. The summed E-state index contributed by atoms with van der Waals surface area (Å²) in [5, 5.41) is 4.58. The van der Waals surface area contributed by atoms with Gasteiger partial charge in [-0.25, -0.2) is 14.6 Å². The topological polar surface area (TPSA) is 85.9 Å². The second-order valence-electron chi connectivity index (χ2n) is 6.20. The first-order valence-electron chi connectivity index (χ1n) is 8.28. The third-order valence-electron chi connectivity index (χ3n) is 4.60. The summed E-state index contributed by atoms with van der Waals surface area (Å²) in [5.41, 5.74) is 0.639. The molecule has 1 aromatic carbocycles. The first-order valence-corrected chi connectivity index (χ1v) is 8.28. The molecule has 0 radical (unpaired) electrons. The van der Waals surface area contributed by atoms with Gasteiger partial charge in [0.2, 0.25) is 5.91 Å². The predicted molar refractivity (Wildman–Crippen MR) is 90.9 cm³/mol. The van der Waals surface area contributed by atoms with Crippen molar-refractivity contribution in [3.05, 3.63) is 53.6 Å². The summed E-state index contributed by atoms with van der Waals surface area (Å²) >= 11 is 0. The summed E-state index contributed by atoms with van der Waals surface area (Å²) in [6.45, 7) is 1.37. The van der Waals surface area contributed by atoms with Crippen LogP contribution in [0.4, 0.5) is 0 Å². The number of nitrogens with zero attached hydrogens (tertiary/aromatic N) is 6. The zero-order valence-electron chi connectivity index (χ0n) is 13.7. The summed E-state index contributed by atoms with van der Waals surface area (Å²) in [4.78, 5) is 35.3. The van der Waals surface area contributed by atoms with Gasteiger partial charge in [-0.05, 0) is 25.0 Å². The Kier molecular flexibility index (Phi) is 4.01. The Morgan fingerprint density at radius 3 is 2.96 bits per heavy atom. The van der Waals surface area contributed by atoms with E-state index in [0.717, 1.165) is 12.8 Å². The maximum atomic E-state index is 12.8. The van der Waals surface area contributed by atoms with Gasteiger partial charge in [-0.3, -0.25) is 14.2 Å². The van der Waals surface area contributed by atoms with Crippen LogP contribution in [0, 0.1) is 0 Å². The molecule has 0 spiro atoms. The second-order valence-corrected chi connectivity index (χ2v) is 6.20. The van der Waals surface area contributed by atoms with Crippen molar-refractivity contribution in [2.24, 2.45) is 0 Å². The molecule has 1 saturated heterocycles. The smallest absolute Gasteiger partial charge is 0.261 e. The molecular weight excluding hydrogens is 320 g/mol. The molecule has 3 aromatic rings. The van der Waals surface area contributed by atoms with Crippen molar-refractivity contribution in [1.29, 1.82) is 0 Å². The highest BCUT2D eigenvalue weighted by Crippen LogP contribution is 2.21. The zero-order valence-corrected chi connectivity index (χ0v) is 13.7. The van der Waals surface area contributed by atoms with E-state index in [1.165, 1.54) is 17.3 Å². The molecule has 0 N–H and O–H groups in total. The summed E-state index contributed by atoms with van der Waals surface area (Å²) in [7, 11) is 0. The van der Waals surface area contributed by atoms with Gasteiger partial charge in [0, 0.05) is 13.1 Å². The maximum Gasteiger partial charge on any atom is 0.261 e. The van der Waals surface area contributed by atoms with Crippen molar-refractivity contribution in [3.8, 4) is 0 Å². The molecule has 8 nitrogen and oxygen atoms in total. The van der Waals surface area contributed by atoms with Crippen LogP contribution >= 0.6 is 0 Å². The summed E-state index contributed by atoms with van der Waals surface area (Å²) in [6.07, 6.45) is 6.24. The third kappa shape index (κ3) is 3.02. The van der Waals surface area contributed by atoms with E-state index in [2.05, 4.69) is 15.1 Å². The summed E-state index contributed by atoms with van der Waals surface area (Å²) in [6, 6.07) is 7.26. The van der Waals surface area contributed by atoms with Crippen LogP contribution in [0.2, 0.25) is 0 Å². The van der Waals surface area contributed by atoms with Crippen molar-refractivity contribution >= 4 is 16.8 Å². The normalized spacial score (nSPS) is 17.8. The van der Waals surface area contributed by atoms with Gasteiger partial charge in [-0.15, -0.1) is 0 Å². The monoisotopic (exact) mass is 338 g/mol. The van der Waals surface area contributed by atoms with Gasteiger partial charge in [0.1, 0.15) is 19.2 Å². The molecule has 1 amide bonds. The van der Waals surface area contributed by atoms with Gasteiger partial charge in [0.15, 0.2) is 0 Å². The molecule has 1 unspecified atom stereocenters. The van der Waals surface area contributed by atoms with Crippen LogP contribution in [0.25, 0.3) is 10.9 Å². The van der Waals surface area contributed by atoms with Gasteiger partial charge in [-0.1, -0.05) is 12.1 Å². The van der Waals surface area contributed by atoms with Crippen molar-refractivity contribution < 1.29 is 4.79 Å². The van der Waals surface area contributed by atoms with E-state index >= 15 is 0 Å². The van der Waals surface area contributed by atoms with Crippen LogP contribution in [0.5, 0.6) is 0 Å². The highest BCUT2D eigenvalue weighted by atomic mass is 16.2. The number of benzene rings is 1. The van der Waals surface area contributed by atoms with Crippen LogP contribution in [0.3, 0.4) is 0 Å². The van der Waals surface area contributed by atoms with E-state index in [1.54, 1.807) is 21.9 Å². The Balaban J connectivity index is 1.56. The number of piperidine rings is 1. The van der Waals surface area contributed by atoms with E-state index in [1.807, 2.05) is 18.2 Å². The van der Waals surface area contributed by atoms with E-state index < -0.39 is 0 Å². The Bertz CT molecular complexity index is 949. The lowest BCUT2D eigenvalue weighted by molar-refractivity contribution is -0.133. The molecule has 1 aliphatic heterocycles. The standard InChI is InChI=1S/C17H18N6O2/c24-16(9-22-11-18-10-20-22)21-7-3-4-13(8-21)23-12-19-15-6-2-1-5-14(15)17(23)25/h1-2,5-6,10-13H,3-4,7-9H2. The van der Waals surface area contributed by atoms with Gasteiger partial charge in [0.25, 0.3) is 5.56 Å². The number of carbonyl (C=O) groups excluding carboxylic acids is 1. The lowest BCUT2D eigenvalue weighted by Crippen LogP contribution is -2.44. The van der Waals surface area contributed by atoms with Crippen molar-refractivity contribution in [2.75, 3.05) is 13.1 Å². The molecule has 0 saturated carbocycles. The number of likely N-dealkylation sites (tertiary alicyclic amines) is 1. The van der Waals surface area contributed by atoms with E-state index in [0.29, 0.717) is 24.0 Å². The zero-order chi connectivity index (χ0) is 17.2. The minimum Gasteiger partial charge on any atom is -0.339 e. The molecule has 0 aliphatic carbocycles. The van der Waals surface area contributed by atoms with E-state index in [4.69, 9.17) is 0 Å². The van der Waals surface area contributed by atoms with Crippen LogP contribution in [-0.4, -0.2) is 48.2 Å². The number of para-hydroxylation sites is 1. The van der Waals surface area contributed by atoms with Crippen LogP contribution in [0.15, 0.2) is 48.0 Å². The Morgan fingerprint density at radius 1 is 1.24 bits per heavy atom. The average Bonchev–Trinajstić information content (AvgIpc) is 3.15. The molecule has 0 bridgehead atoms. The molecule has 1 atom stereocenters. The number of rotatable bonds is 3. The lowest BCUT2D eigenvalue weighted by Gasteiger charge is -2.33. The van der Waals surface area contributed by atoms with E-state index in [9.17, 15) is 9.59 Å². The number of hydrogen-bond acceptors (Lipinski definition) is 5. The van der Waals surface area contributed by atoms with Crippen LogP contribution < -0.4 is 5.56 Å². The molecular formula is C17H18N6O2. The van der Waals surface area contributed by atoms with Crippen molar-refractivity contribution in [2.45, 2.75) is 25.4 Å². The third-order valence-corrected chi connectivity index (χ3v) is 4.60. The van der Waals surface area contributed by atoms with Gasteiger partial charge in [0.05, 0.1) is 23.3 Å². The first-order chi connectivity index (χ1) is 12.2. The highest BCUT2D eigenvalue weighted by Gasteiger charge is 2.26. The molecule has 8 heteroatoms. The van der Waals surface area contributed by atoms with Crippen LogP contribution in [-0.2, 0) is 11.3 Å². The van der Waals surface area contributed by atoms with E-state index in [-0.39, 0.29) is 24.1 Å². The Morgan fingerprint density at radius 2 is 2.12 bits per heavy atom. The molecule has 3 heterocycles. The quantitative estimate of drug-likeness (QED) is 0.707. The summed E-state index contributed by atoms with van der Waals surface area (Å²) in [5.74, 6) is -0.0167. The fourth-order valence-corrected chi connectivity index (χ4v) is 3.30. The first kappa shape index (κ1) is 15.5. The highest BCUT2D eigenvalue weighted by molar-refractivity contribution is 5.77. The molecule has 128 valence electrons. The SMILES string of the molecule is O=C(Cn1cncn1)N1CCCC(n2cnc3ccccc3c2=O)C1. The van der Waals surface area contributed by atoms with Crippen LogP contribution in [0.1, 0.15) is 18.9 Å². The maximum absolute atomic E-state index is 12.8. The molecule has 25 heavy (non-hydrogen) atoms. The second kappa shape index (κ2) is 6.46. The minimum absolute atomic E-state index is 0.0167. The fraction of sp³-hybridized carbons (Fsp3) is 0.353. The number of fused-ring (bicyclic) bond motifs is 1. The molecule has 1 aliphatic rings. The van der Waals surface area contributed by atoms with Crippen molar-refractivity contribution in [1.82, 2.24) is 29.2 Å². The van der Waals surface area contributed by atoms with Gasteiger partial charge >= 0.3 is 0 Å². The largest absolute Gasteiger partial charge is 0.339 e. The van der Waals surface area contributed by atoms with Crippen molar-refractivity contribution in [3.63, 3.8) is 0 Å². The van der Waals surface area contributed by atoms with Gasteiger partial charge < -0.3 is 4.90 Å². The summed E-state index contributed by atoms with van der Waals surface area (Å²) < 4.78 is 3.17. The number of carbonyl (C=O) groups is 1. The number of aromatic nitrogens is 5. The lowest BCUT2D eigenvalue weighted by atomic mass is 10.1. The Hall–Kier alpha value is -3.03. The molecule has 2 aromatic heterocycles. The fourth-order valence-electron chi connectivity index (χ4n) is 3.30. The Labute approximate surface area is 143 Å². The predicted octanol–water partition coefficient (Wildman–Crippen LogP) is 0.852.